The normalized spacial score (nSPS) is 17.6. The molecule has 0 aliphatic carbocycles. The number of amides is 4. The number of imide groups is 1. The molecule has 5 nitrogen and oxygen atoms in total. The van der Waals surface area contributed by atoms with E-state index < -0.39 is 0 Å². The summed E-state index contributed by atoms with van der Waals surface area (Å²) < 4.78 is 0. The van der Waals surface area contributed by atoms with Gasteiger partial charge in [0.15, 0.2) is 0 Å². The summed E-state index contributed by atoms with van der Waals surface area (Å²) in [4.78, 5) is 27.0. The van der Waals surface area contributed by atoms with Crippen molar-refractivity contribution < 1.29 is 9.59 Å². The molecule has 1 N–H and O–H groups in total. The van der Waals surface area contributed by atoms with Gasteiger partial charge in [-0.15, -0.1) is 0 Å². The summed E-state index contributed by atoms with van der Waals surface area (Å²) in [5.74, 6) is 0. The molecule has 0 radical (unpaired) electrons. The molecule has 4 amide bonds. The zero-order valence-corrected chi connectivity index (χ0v) is 11.6. The summed E-state index contributed by atoms with van der Waals surface area (Å²) in [6, 6.07) is -0.520. The molecule has 0 aromatic carbocycles. The fourth-order valence-electron chi connectivity index (χ4n) is 1.74. The van der Waals surface area contributed by atoms with Gasteiger partial charge in [0, 0.05) is 24.2 Å². The van der Waals surface area contributed by atoms with Crippen molar-refractivity contribution in [2.24, 2.45) is 0 Å². The highest BCUT2D eigenvalue weighted by Crippen LogP contribution is 2.20. The van der Waals surface area contributed by atoms with Crippen LogP contribution in [0.4, 0.5) is 9.59 Å². The molecular formula is C12H23N3O2. The van der Waals surface area contributed by atoms with Crippen LogP contribution in [0.15, 0.2) is 0 Å². The van der Waals surface area contributed by atoms with Crippen LogP contribution >= 0.6 is 0 Å². The second-order valence-corrected chi connectivity index (χ2v) is 6.44. The number of nitrogens with zero attached hydrogens (tertiary/aromatic N) is 2. The van der Waals surface area contributed by atoms with E-state index in [-0.39, 0.29) is 23.1 Å². The van der Waals surface area contributed by atoms with Gasteiger partial charge in [0.1, 0.15) is 0 Å². The van der Waals surface area contributed by atoms with Crippen molar-refractivity contribution in [3.05, 3.63) is 0 Å². The van der Waals surface area contributed by atoms with Crippen molar-refractivity contribution in [1.82, 2.24) is 15.1 Å². The Kier molecular flexibility index (Phi) is 3.41. The lowest BCUT2D eigenvalue weighted by Gasteiger charge is -2.31. The van der Waals surface area contributed by atoms with Gasteiger partial charge in [-0.05, 0) is 41.5 Å². The van der Waals surface area contributed by atoms with Crippen molar-refractivity contribution in [2.75, 3.05) is 13.1 Å². The van der Waals surface area contributed by atoms with E-state index in [2.05, 4.69) is 5.32 Å². The SMILES string of the molecule is CC(C)(C)NC(=O)N1CCN(C(C)(C)C)C1=O. The largest absolute Gasteiger partial charge is 0.333 e. The topological polar surface area (TPSA) is 52.7 Å². The fraction of sp³-hybridized carbons (Fsp3) is 0.833. The zero-order chi connectivity index (χ0) is 13.4. The van der Waals surface area contributed by atoms with Gasteiger partial charge >= 0.3 is 12.1 Å². The van der Waals surface area contributed by atoms with Crippen LogP contribution in [0, 0.1) is 0 Å². The van der Waals surface area contributed by atoms with E-state index in [1.165, 1.54) is 4.90 Å². The summed E-state index contributed by atoms with van der Waals surface area (Å²) in [6.45, 7) is 12.6. The van der Waals surface area contributed by atoms with E-state index in [0.717, 1.165) is 0 Å². The lowest BCUT2D eigenvalue weighted by atomic mass is 10.1. The first-order valence-corrected chi connectivity index (χ1v) is 5.94. The van der Waals surface area contributed by atoms with Gasteiger partial charge in [0.2, 0.25) is 0 Å². The second kappa shape index (κ2) is 4.20. The van der Waals surface area contributed by atoms with Crippen molar-refractivity contribution in [3.63, 3.8) is 0 Å². The third kappa shape index (κ3) is 3.35. The Balaban J connectivity index is 2.71. The molecule has 1 heterocycles. The maximum atomic E-state index is 12.1. The summed E-state index contributed by atoms with van der Waals surface area (Å²) in [7, 11) is 0. The van der Waals surface area contributed by atoms with Gasteiger partial charge in [-0.25, -0.2) is 14.5 Å². The van der Waals surface area contributed by atoms with Gasteiger partial charge in [0.25, 0.3) is 0 Å². The highest BCUT2D eigenvalue weighted by atomic mass is 16.2. The van der Waals surface area contributed by atoms with Crippen LogP contribution in [0.3, 0.4) is 0 Å². The first-order valence-electron chi connectivity index (χ1n) is 5.94. The van der Waals surface area contributed by atoms with Crippen LogP contribution in [0.2, 0.25) is 0 Å². The minimum absolute atomic E-state index is 0.209. The lowest BCUT2D eigenvalue weighted by molar-refractivity contribution is 0.154. The second-order valence-electron chi connectivity index (χ2n) is 6.44. The van der Waals surface area contributed by atoms with Crippen LogP contribution in [-0.4, -0.2) is 46.0 Å². The third-order valence-corrected chi connectivity index (χ3v) is 2.55. The molecular weight excluding hydrogens is 218 g/mol. The monoisotopic (exact) mass is 241 g/mol. The van der Waals surface area contributed by atoms with E-state index in [9.17, 15) is 9.59 Å². The number of hydrogen-bond acceptors (Lipinski definition) is 2. The highest BCUT2D eigenvalue weighted by Gasteiger charge is 2.39. The molecule has 0 spiro atoms. The van der Waals surface area contributed by atoms with Crippen molar-refractivity contribution in [1.29, 1.82) is 0 Å². The molecule has 0 unspecified atom stereocenters. The van der Waals surface area contributed by atoms with Crippen LogP contribution in [0.5, 0.6) is 0 Å². The number of hydrogen-bond donors (Lipinski definition) is 1. The molecule has 1 aliphatic rings. The average Bonchev–Trinajstić information content (AvgIpc) is 2.42. The van der Waals surface area contributed by atoms with Crippen molar-refractivity contribution >= 4 is 12.1 Å². The van der Waals surface area contributed by atoms with E-state index in [1.807, 2.05) is 41.5 Å². The summed E-state index contributed by atoms with van der Waals surface area (Å²) in [5, 5.41) is 2.80. The van der Waals surface area contributed by atoms with Gasteiger partial charge in [-0.2, -0.15) is 0 Å². The molecule has 0 aromatic rings. The number of carbonyl (C=O) groups excluding carboxylic acids is 2. The fourth-order valence-corrected chi connectivity index (χ4v) is 1.74. The summed E-state index contributed by atoms with van der Waals surface area (Å²) in [5.41, 5.74) is -0.569. The quantitative estimate of drug-likeness (QED) is 0.705. The molecule has 98 valence electrons. The Morgan fingerprint density at radius 1 is 1.12 bits per heavy atom. The minimum Gasteiger partial charge on any atom is -0.333 e. The maximum Gasteiger partial charge on any atom is 0.328 e. The molecule has 0 aromatic heterocycles. The van der Waals surface area contributed by atoms with Gasteiger partial charge in [0.05, 0.1) is 0 Å². The Morgan fingerprint density at radius 3 is 2.00 bits per heavy atom. The number of carbonyl (C=O) groups is 2. The van der Waals surface area contributed by atoms with Gasteiger partial charge < -0.3 is 10.2 Å². The lowest BCUT2D eigenvalue weighted by Crippen LogP contribution is -2.51. The maximum absolute atomic E-state index is 12.1. The summed E-state index contributed by atoms with van der Waals surface area (Å²) in [6.07, 6.45) is 0. The first kappa shape index (κ1) is 13.8. The van der Waals surface area contributed by atoms with Gasteiger partial charge in [-0.1, -0.05) is 0 Å². The van der Waals surface area contributed by atoms with Crippen molar-refractivity contribution in [2.45, 2.75) is 52.6 Å². The summed E-state index contributed by atoms with van der Waals surface area (Å²) >= 11 is 0. The molecule has 17 heavy (non-hydrogen) atoms. The Bertz CT molecular complexity index is 326. The Morgan fingerprint density at radius 2 is 1.65 bits per heavy atom. The molecule has 5 heteroatoms. The first-order chi connectivity index (χ1) is 7.52. The Labute approximate surface area is 103 Å². The van der Waals surface area contributed by atoms with Crippen LogP contribution in [0.25, 0.3) is 0 Å². The minimum atomic E-state index is -0.327. The Hall–Kier alpha value is -1.26. The number of rotatable bonds is 0. The predicted octanol–water partition coefficient (Wildman–Crippen LogP) is 2.03. The van der Waals surface area contributed by atoms with E-state index >= 15 is 0 Å². The molecule has 1 fully saturated rings. The third-order valence-electron chi connectivity index (χ3n) is 2.55. The van der Waals surface area contributed by atoms with Gasteiger partial charge in [-0.3, -0.25) is 0 Å². The van der Waals surface area contributed by atoms with Crippen molar-refractivity contribution in [3.8, 4) is 0 Å². The number of nitrogens with one attached hydrogen (secondary N) is 1. The molecule has 1 rings (SSSR count). The van der Waals surface area contributed by atoms with Crippen LogP contribution in [-0.2, 0) is 0 Å². The molecule has 1 saturated heterocycles. The molecule has 1 aliphatic heterocycles. The molecule has 0 bridgehead atoms. The van der Waals surface area contributed by atoms with Crippen LogP contribution < -0.4 is 5.32 Å². The molecule has 0 atom stereocenters. The predicted molar refractivity (Wildman–Crippen MR) is 66.8 cm³/mol. The highest BCUT2D eigenvalue weighted by molar-refractivity contribution is 5.95. The smallest absolute Gasteiger partial charge is 0.328 e. The molecule has 0 saturated carbocycles. The van der Waals surface area contributed by atoms with E-state index in [1.54, 1.807) is 4.90 Å². The zero-order valence-electron chi connectivity index (χ0n) is 11.6. The average molecular weight is 241 g/mol. The van der Waals surface area contributed by atoms with E-state index in [0.29, 0.717) is 13.1 Å². The van der Waals surface area contributed by atoms with E-state index in [4.69, 9.17) is 0 Å². The van der Waals surface area contributed by atoms with Crippen LogP contribution in [0.1, 0.15) is 41.5 Å². The standard InChI is InChI=1S/C12H23N3O2/c1-11(2,3)13-9(16)14-7-8-15(10(14)17)12(4,5)6/h7-8H2,1-6H3,(H,13,16). The number of urea groups is 2.